The van der Waals surface area contributed by atoms with Gasteiger partial charge in [-0.15, -0.1) is 0 Å². The first-order valence-electron chi connectivity index (χ1n) is 6.35. The summed E-state index contributed by atoms with van der Waals surface area (Å²) in [5.41, 5.74) is 2.50. The van der Waals surface area contributed by atoms with Gasteiger partial charge < -0.3 is 9.15 Å². The Kier molecular flexibility index (Phi) is 3.74. The van der Waals surface area contributed by atoms with Crippen molar-refractivity contribution in [1.82, 2.24) is 0 Å². The largest absolute Gasteiger partial charge is 0.496 e. The van der Waals surface area contributed by atoms with Crippen molar-refractivity contribution in [3.8, 4) is 5.75 Å². The number of carbonyl (C=O) groups excluding carboxylic acids is 1. The highest BCUT2D eigenvalue weighted by Crippen LogP contribution is 2.25. The second kappa shape index (κ2) is 5.31. The van der Waals surface area contributed by atoms with Crippen molar-refractivity contribution in [2.45, 2.75) is 27.2 Å². The molecule has 0 amide bonds. The molecule has 1 heterocycles. The highest BCUT2D eigenvalue weighted by molar-refractivity contribution is 6.08. The molecular formula is C16H18O3. The number of rotatable bonds is 4. The van der Waals surface area contributed by atoms with Crippen LogP contribution >= 0.6 is 0 Å². The van der Waals surface area contributed by atoms with Crippen molar-refractivity contribution in [1.29, 1.82) is 0 Å². The molecule has 2 aromatic rings. The monoisotopic (exact) mass is 258 g/mol. The van der Waals surface area contributed by atoms with E-state index in [1.807, 2.05) is 39.0 Å². The third kappa shape index (κ3) is 2.55. The van der Waals surface area contributed by atoms with Crippen LogP contribution in [0.4, 0.5) is 0 Å². The quantitative estimate of drug-likeness (QED) is 0.785. The number of carbonyl (C=O) groups is 1. The average molecular weight is 258 g/mol. The summed E-state index contributed by atoms with van der Waals surface area (Å²) in [6.45, 7) is 5.82. The van der Waals surface area contributed by atoms with Crippen molar-refractivity contribution < 1.29 is 13.9 Å². The second-order valence-corrected chi connectivity index (χ2v) is 4.59. The van der Waals surface area contributed by atoms with E-state index < -0.39 is 0 Å². The van der Waals surface area contributed by atoms with Crippen LogP contribution in [0.25, 0.3) is 0 Å². The molecule has 0 saturated heterocycles. The van der Waals surface area contributed by atoms with E-state index in [0.29, 0.717) is 11.3 Å². The Morgan fingerprint density at radius 3 is 2.53 bits per heavy atom. The molecule has 3 heteroatoms. The van der Waals surface area contributed by atoms with Crippen molar-refractivity contribution in [3.05, 3.63) is 52.5 Å². The first kappa shape index (κ1) is 13.4. The molecule has 100 valence electrons. The van der Waals surface area contributed by atoms with Crippen molar-refractivity contribution >= 4 is 5.78 Å². The van der Waals surface area contributed by atoms with Gasteiger partial charge in [-0.2, -0.15) is 0 Å². The smallest absolute Gasteiger partial charge is 0.228 e. The van der Waals surface area contributed by atoms with Crippen LogP contribution in [0.5, 0.6) is 5.75 Å². The van der Waals surface area contributed by atoms with Crippen LogP contribution in [-0.4, -0.2) is 12.9 Å². The van der Waals surface area contributed by atoms with Gasteiger partial charge in [0.1, 0.15) is 11.5 Å². The van der Waals surface area contributed by atoms with Crippen LogP contribution in [0, 0.1) is 13.8 Å². The number of furan rings is 1. The highest BCUT2D eigenvalue weighted by Gasteiger charge is 2.17. The summed E-state index contributed by atoms with van der Waals surface area (Å²) in [5.74, 6) is 1.93. The lowest BCUT2D eigenvalue weighted by Gasteiger charge is -2.09. The van der Waals surface area contributed by atoms with Gasteiger partial charge in [0.25, 0.3) is 0 Å². The van der Waals surface area contributed by atoms with Crippen LogP contribution in [0.1, 0.15) is 39.9 Å². The summed E-state index contributed by atoms with van der Waals surface area (Å²) in [5, 5.41) is 0. The number of hydrogen-bond donors (Lipinski definition) is 0. The predicted molar refractivity (Wildman–Crippen MR) is 74.0 cm³/mol. The first-order valence-corrected chi connectivity index (χ1v) is 6.35. The number of aryl methyl sites for hydroxylation is 3. The summed E-state index contributed by atoms with van der Waals surface area (Å²) in [7, 11) is 1.63. The van der Waals surface area contributed by atoms with Gasteiger partial charge in [0.15, 0.2) is 5.76 Å². The van der Waals surface area contributed by atoms with Crippen molar-refractivity contribution in [2.75, 3.05) is 7.11 Å². The van der Waals surface area contributed by atoms with Gasteiger partial charge in [-0.1, -0.05) is 6.92 Å². The van der Waals surface area contributed by atoms with E-state index in [9.17, 15) is 4.79 Å². The predicted octanol–water partition coefficient (Wildman–Crippen LogP) is 3.70. The molecule has 0 fully saturated rings. The maximum absolute atomic E-state index is 12.4. The van der Waals surface area contributed by atoms with Gasteiger partial charge in [-0.3, -0.25) is 4.79 Å². The molecule has 1 aromatic carbocycles. The van der Waals surface area contributed by atoms with Gasteiger partial charge in [0.2, 0.25) is 5.78 Å². The summed E-state index contributed by atoms with van der Waals surface area (Å²) < 4.78 is 10.8. The third-order valence-corrected chi connectivity index (χ3v) is 3.22. The lowest BCUT2D eigenvalue weighted by atomic mass is 10.00. The van der Waals surface area contributed by atoms with Crippen molar-refractivity contribution in [3.63, 3.8) is 0 Å². The zero-order valence-corrected chi connectivity index (χ0v) is 11.7. The van der Waals surface area contributed by atoms with E-state index in [1.165, 1.54) is 0 Å². The fourth-order valence-corrected chi connectivity index (χ4v) is 2.08. The third-order valence-electron chi connectivity index (χ3n) is 3.22. The van der Waals surface area contributed by atoms with E-state index in [2.05, 4.69) is 0 Å². The topological polar surface area (TPSA) is 39.4 Å². The lowest BCUT2D eigenvalue weighted by molar-refractivity contribution is 0.101. The SMILES string of the molecule is CCc1ccc(C(=O)c2cc(C)c(OC)cc2C)o1. The molecule has 0 unspecified atom stereocenters. The number of ketones is 1. The van der Waals surface area contributed by atoms with E-state index in [0.717, 1.165) is 29.1 Å². The number of ether oxygens (including phenoxy) is 1. The normalized spacial score (nSPS) is 10.5. The van der Waals surface area contributed by atoms with E-state index in [4.69, 9.17) is 9.15 Å². The molecule has 0 saturated carbocycles. The second-order valence-electron chi connectivity index (χ2n) is 4.59. The maximum atomic E-state index is 12.4. The Morgan fingerprint density at radius 1 is 1.21 bits per heavy atom. The Hall–Kier alpha value is -2.03. The molecule has 0 aliphatic heterocycles. The van der Waals surface area contributed by atoms with Gasteiger partial charge in [0, 0.05) is 12.0 Å². The summed E-state index contributed by atoms with van der Waals surface area (Å²) in [6.07, 6.45) is 0.786. The van der Waals surface area contributed by atoms with Crippen LogP contribution in [0.3, 0.4) is 0 Å². The maximum Gasteiger partial charge on any atom is 0.228 e. The highest BCUT2D eigenvalue weighted by atomic mass is 16.5. The number of benzene rings is 1. The molecule has 1 aromatic heterocycles. The molecular weight excluding hydrogens is 240 g/mol. The van der Waals surface area contributed by atoms with E-state index in [1.54, 1.807) is 13.2 Å². The molecule has 0 spiro atoms. The van der Waals surface area contributed by atoms with Crippen molar-refractivity contribution in [2.24, 2.45) is 0 Å². The summed E-state index contributed by atoms with van der Waals surface area (Å²) in [6, 6.07) is 7.32. The molecule has 0 N–H and O–H groups in total. The lowest BCUT2D eigenvalue weighted by Crippen LogP contribution is -2.04. The van der Waals surface area contributed by atoms with Gasteiger partial charge in [0.05, 0.1) is 7.11 Å². The summed E-state index contributed by atoms with van der Waals surface area (Å²) >= 11 is 0. The minimum atomic E-state index is -0.0806. The zero-order chi connectivity index (χ0) is 14.0. The molecule has 0 atom stereocenters. The Morgan fingerprint density at radius 2 is 1.95 bits per heavy atom. The Bertz CT molecular complexity index is 608. The van der Waals surface area contributed by atoms with Gasteiger partial charge in [-0.05, 0) is 49.2 Å². The van der Waals surface area contributed by atoms with Crippen LogP contribution < -0.4 is 4.74 Å². The van der Waals surface area contributed by atoms with Crippen LogP contribution in [0.2, 0.25) is 0 Å². The fraction of sp³-hybridized carbons (Fsp3) is 0.312. The molecule has 3 nitrogen and oxygen atoms in total. The number of hydrogen-bond acceptors (Lipinski definition) is 3. The van der Waals surface area contributed by atoms with Gasteiger partial charge in [-0.25, -0.2) is 0 Å². The van der Waals surface area contributed by atoms with E-state index >= 15 is 0 Å². The standard InChI is InChI=1S/C16H18O3/c1-5-12-6-7-14(19-12)16(17)13-8-11(3)15(18-4)9-10(13)2/h6-9H,5H2,1-4H3. The Labute approximate surface area is 113 Å². The minimum Gasteiger partial charge on any atom is -0.496 e. The molecule has 0 aliphatic rings. The number of methoxy groups -OCH3 is 1. The minimum absolute atomic E-state index is 0.0806. The van der Waals surface area contributed by atoms with Gasteiger partial charge >= 0.3 is 0 Å². The average Bonchev–Trinajstić information content (AvgIpc) is 2.89. The molecule has 19 heavy (non-hydrogen) atoms. The molecule has 0 aliphatic carbocycles. The molecule has 2 rings (SSSR count). The van der Waals surface area contributed by atoms with Crippen LogP contribution in [-0.2, 0) is 6.42 Å². The molecule has 0 radical (unpaired) electrons. The first-order chi connectivity index (χ1) is 9.06. The van der Waals surface area contributed by atoms with E-state index in [-0.39, 0.29) is 5.78 Å². The fourth-order valence-electron chi connectivity index (χ4n) is 2.08. The zero-order valence-electron chi connectivity index (χ0n) is 11.7. The Balaban J connectivity index is 2.41. The van der Waals surface area contributed by atoms with Crippen LogP contribution in [0.15, 0.2) is 28.7 Å². The summed E-state index contributed by atoms with van der Waals surface area (Å²) in [4.78, 5) is 12.4. The molecule has 0 bridgehead atoms.